The fourth-order valence-electron chi connectivity index (χ4n) is 3.45. The molecule has 26 heavy (non-hydrogen) atoms. The number of para-hydroxylation sites is 1. The molecule has 0 amide bonds. The topological polar surface area (TPSA) is 53.3 Å². The molecular formula is C21H24N4O. The summed E-state index contributed by atoms with van der Waals surface area (Å²) in [6.45, 7) is 4.03. The van der Waals surface area contributed by atoms with Gasteiger partial charge in [-0.15, -0.1) is 0 Å². The molecule has 134 valence electrons. The summed E-state index contributed by atoms with van der Waals surface area (Å²) in [6, 6.07) is 17.7. The van der Waals surface area contributed by atoms with E-state index in [1.807, 2.05) is 36.5 Å². The highest BCUT2D eigenvalue weighted by Crippen LogP contribution is 2.21. The van der Waals surface area contributed by atoms with Crippen molar-refractivity contribution in [2.24, 2.45) is 0 Å². The highest BCUT2D eigenvalue weighted by atomic mass is 16.3. The van der Waals surface area contributed by atoms with Gasteiger partial charge < -0.3 is 15.0 Å². The molecule has 0 unspecified atom stereocenters. The number of fused-ring (bicyclic) bond motifs is 1. The first kappa shape index (κ1) is 16.7. The lowest BCUT2D eigenvalue weighted by atomic mass is 10.1. The molecule has 0 saturated heterocycles. The number of phenolic OH excluding ortho intramolecular Hbond substituents is 1. The number of aromatic nitrogens is 2. The molecule has 5 heteroatoms. The molecule has 0 spiro atoms. The molecule has 0 aliphatic carbocycles. The van der Waals surface area contributed by atoms with Crippen molar-refractivity contribution in [3.05, 3.63) is 72.1 Å². The zero-order chi connectivity index (χ0) is 17.8. The maximum absolute atomic E-state index is 9.35. The van der Waals surface area contributed by atoms with Crippen molar-refractivity contribution in [2.75, 3.05) is 18.4 Å². The first-order valence-electron chi connectivity index (χ1n) is 9.15. The lowest BCUT2D eigenvalue weighted by Gasteiger charge is -2.28. The summed E-state index contributed by atoms with van der Waals surface area (Å²) >= 11 is 0. The smallest absolute Gasteiger partial charge is 0.207 e. The average Bonchev–Trinajstić information content (AvgIpc) is 3.06. The minimum absolute atomic E-state index is 0.331. The van der Waals surface area contributed by atoms with E-state index in [4.69, 9.17) is 0 Å². The summed E-state index contributed by atoms with van der Waals surface area (Å²) < 4.78 is 2.28. The van der Waals surface area contributed by atoms with Crippen LogP contribution in [0.2, 0.25) is 0 Å². The van der Waals surface area contributed by atoms with Crippen LogP contribution in [-0.2, 0) is 19.5 Å². The molecule has 0 radical (unpaired) electrons. The Bertz CT molecular complexity index is 842. The average molecular weight is 348 g/mol. The van der Waals surface area contributed by atoms with Crippen LogP contribution in [0.5, 0.6) is 5.75 Å². The Morgan fingerprint density at radius 1 is 1.00 bits per heavy atom. The van der Waals surface area contributed by atoms with Crippen LogP contribution in [0.1, 0.15) is 17.7 Å². The third kappa shape index (κ3) is 3.89. The summed E-state index contributed by atoms with van der Waals surface area (Å²) in [5.74, 6) is 1.26. The van der Waals surface area contributed by atoms with E-state index in [1.54, 1.807) is 12.1 Å². The predicted molar refractivity (Wildman–Crippen MR) is 104 cm³/mol. The van der Waals surface area contributed by atoms with Crippen LogP contribution >= 0.6 is 0 Å². The van der Waals surface area contributed by atoms with E-state index >= 15 is 0 Å². The Morgan fingerprint density at radius 2 is 1.81 bits per heavy atom. The van der Waals surface area contributed by atoms with E-state index < -0.39 is 0 Å². The Morgan fingerprint density at radius 3 is 2.62 bits per heavy atom. The van der Waals surface area contributed by atoms with Crippen LogP contribution in [0, 0.1) is 0 Å². The largest absolute Gasteiger partial charge is 0.508 e. The molecule has 1 aliphatic heterocycles. The molecule has 3 aromatic rings. The maximum Gasteiger partial charge on any atom is 0.207 e. The van der Waals surface area contributed by atoms with E-state index in [0.717, 1.165) is 50.7 Å². The van der Waals surface area contributed by atoms with Gasteiger partial charge in [0.2, 0.25) is 5.95 Å². The highest BCUT2D eigenvalue weighted by Gasteiger charge is 2.19. The van der Waals surface area contributed by atoms with Gasteiger partial charge in [0.25, 0.3) is 0 Å². The summed E-state index contributed by atoms with van der Waals surface area (Å²) in [5, 5.41) is 12.8. The molecule has 2 aromatic carbocycles. The van der Waals surface area contributed by atoms with E-state index in [9.17, 15) is 5.11 Å². The van der Waals surface area contributed by atoms with Crippen molar-refractivity contribution in [3.63, 3.8) is 0 Å². The molecular weight excluding hydrogens is 324 g/mol. The van der Waals surface area contributed by atoms with Gasteiger partial charge in [0, 0.05) is 25.3 Å². The van der Waals surface area contributed by atoms with Crippen molar-refractivity contribution < 1.29 is 5.11 Å². The van der Waals surface area contributed by atoms with Crippen molar-refractivity contribution in [1.29, 1.82) is 0 Å². The first-order valence-corrected chi connectivity index (χ1v) is 9.15. The van der Waals surface area contributed by atoms with Crippen LogP contribution < -0.4 is 5.32 Å². The second-order valence-corrected chi connectivity index (χ2v) is 6.76. The zero-order valence-corrected chi connectivity index (χ0v) is 14.8. The minimum atomic E-state index is 0.331. The normalized spacial score (nSPS) is 14.2. The summed E-state index contributed by atoms with van der Waals surface area (Å²) in [4.78, 5) is 7.05. The van der Waals surface area contributed by atoms with Crippen molar-refractivity contribution >= 4 is 11.6 Å². The van der Waals surface area contributed by atoms with E-state index in [-0.39, 0.29) is 0 Å². The zero-order valence-electron chi connectivity index (χ0n) is 14.8. The number of rotatable bonds is 6. The van der Waals surface area contributed by atoms with Gasteiger partial charge in [-0.05, 0) is 49.2 Å². The standard InChI is InChI=1S/C21H24N4O/c26-20-10-8-17(9-11-20)5-4-12-24-13-14-25-19(16-24)15-22-21(25)23-18-6-2-1-3-7-18/h1-3,6-11,15,26H,4-5,12-14,16H2,(H,22,23). The maximum atomic E-state index is 9.35. The van der Waals surface area contributed by atoms with Gasteiger partial charge in [-0.3, -0.25) is 4.90 Å². The van der Waals surface area contributed by atoms with Gasteiger partial charge in [-0.2, -0.15) is 0 Å². The summed E-state index contributed by atoms with van der Waals surface area (Å²) in [7, 11) is 0. The third-order valence-electron chi connectivity index (χ3n) is 4.87. The van der Waals surface area contributed by atoms with Crippen molar-refractivity contribution in [2.45, 2.75) is 25.9 Å². The number of hydrogen-bond acceptors (Lipinski definition) is 4. The molecule has 2 N–H and O–H groups in total. The van der Waals surface area contributed by atoms with Crippen LogP contribution in [0.25, 0.3) is 0 Å². The number of phenols is 1. The number of nitrogens with one attached hydrogen (secondary N) is 1. The number of anilines is 2. The fourth-order valence-corrected chi connectivity index (χ4v) is 3.45. The molecule has 0 fully saturated rings. The minimum Gasteiger partial charge on any atom is -0.508 e. The number of aromatic hydroxyl groups is 1. The van der Waals surface area contributed by atoms with Crippen molar-refractivity contribution in [3.8, 4) is 5.75 Å². The molecule has 1 aliphatic rings. The molecule has 0 saturated carbocycles. The number of imidazole rings is 1. The van der Waals surface area contributed by atoms with Crippen LogP contribution in [0.3, 0.4) is 0 Å². The molecule has 2 heterocycles. The van der Waals surface area contributed by atoms with Crippen LogP contribution in [-0.4, -0.2) is 32.6 Å². The molecule has 0 bridgehead atoms. The van der Waals surface area contributed by atoms with Crippen LogP contribution in [0.4, 0.5) is 11.6 Å². The highest BCUT2D eigenvalue weighted by molar-refractivity contribution is 5.53. The van der Waals surface area contributed by atoms with Gasteiger partial charge in [-0.25, -0.2) is 4.98 Å². The Labute approximate surface area is 153 Å². The van der Waals surface area contributed by atoms with E-state index in [0.29, 0.717) is 5.75 Å². The van der Waals surface area contributed by atoms with Gasteiger partial charge in [0.15, 0.2) is 0 Å². The number of nitrogens with zero attached hydrogens (tertiary/aromatic N) is 3. The SMILES string of the molecule is Oc1ccc(CCCN2CCn3c(cnc3Nc3ccccc3)C2)cc1. The molecule has 5 nitrogen and oxygen atoms in total. The fraction of sp³-hybridized carbons (Fsp3) is 0.286. The summed E-state index contributed by atoms with van der Waals surface area (Å²) in [5.41, 5.74) is 3.61. The quantitative estimate of drug-likeness (QED) is 0.712. The Kier molecular flexibility index (Phi) is 4.88. The number of aryl methyl sites for hydroxylation is 1. The van der Waals surface area contributed by atoms with Crippen LogP contribution in [0.15, 0.2) is 60.8 Å². The van der Waals surface area contributed by atoms with Gasteiger partial charge in [-0.1, -0.05) is 30.3 Å². The first-order chi connectivity index (χ1) is 12.8. The van der Waals surface area contributed by atoms with Crippen molar-refractivity contribution in [1.82, 2.24) is 14.5 Å². The second kappa shape index (κ2) is 7.62. The lowest BCUT2D eigenvalue weighted by molar-refractivity contribution is 0.220. The number of hydrogen-bond donors (Lipinski definition) is 2. The molecule has 1 aromatic heterocycles. The van der Waals surface area contributed by atoms with E-state index in [1.165, 1.54) is 11.3 Å². The molecule has 0 atom stereocenters. The number of benzene rings is 2. The van der Waals surface area contributed by atoms with Gasteiger partial charge in [0.1, 0.15) is 5.75 Å². The third-order valence-corrected chi connectivity index (χ3v) is 4.87. The van der Waals surface area contributed by atoms with Gasteiger partial charge >= 0.3 is 0 Å². The Hall–Kier alpha value is -2.79. The predicted octanol–water partition coefficient (Wildman–Crippen LogP) is 3.78. The second-order valence-electron chi connectivity index (χ2n) is 6.76. The van der Waals surface area contributed by atoms with Gasteiger partial charge in [0.05, 0.1) is 11.9 Å². The summed E-state index contributed by atoms with van der Waals surface area (Å²) in [6.07, 6.45) is 4.14. The monoisotopic (exact) mass is 348 g/mol. The molecule has 4 rings (SSSR count). The lowest BCUT2D eigenvalue weighted by Crippen LogP contribution is -2.34. The van der Waals surface area contributed by atoms with E-state index in [2.05, 4.69) is 31.9 Å². The Balaban J connectivity index is 1.31.